The first-order chi connectivity index (χ1) is 4.86. The molecule has 0 saturated heterocycles. The molecule has 0 fully saturated rings. The Hall–Kier alpha value is -0.470. The van der Waals surface area contributed by atoms with E-state index in [1.165, 1.54) is 5.39 Å². The van der Waals surface area contributed by atoms with E-state index in [0.717, 1.165) is 10.4 Å². The van der Waals surface area contributed by atoms with Gasteiger partial charge in [0.05, 0.1) is 0 Å². The first-order valence-electron chi connectivity index (χ1n) is 3.08. The molecule has 0 saturated carbocycles. The van der Waals surface area contributed by atoms with Crippen molar-refractivity contribution in [3.63, 3.8) is 0 Å². The number of nitrogens with one attached hydrogen (secondary N) is 1. The lowest BCUT2D eigenvalue weighted by molar-refractivity contribution is 1.43. The Morgan fingerprint density at radius 2 is 1.82 bits per heavy atom. The van der Waals surface area contributed by atoms with Crippen LogP contribution in [0.5, 0.6) is 0 Å². The molecule has 1 N–H and O–H groups in total. The van der Waals surface area contributed by atoms with Crippen molar-refractivity contribution in [3.8, 4) is 0 Å². The zero-order valence-corrected chi connectivity index (χ0v) is 8.14. The molecule has 0 bridgehead atoms. The Kier molecular flexibility index (Phi) is 2.58. The van der Waals surface area contributed by atoms with Crippen LogP contribution >= 0.6 is 28.6 Å². The average Bonchev–Trinajstić information content (AvgIpc) is 2.33. The average molecular weight is 233 g/mol. The number of H-pyrrole nitrogens is 1. The second-order valence-corrected chi connectivity index (χ2v) is 2.67. The lowest BCUT2D eigenvalue weighted by Crippen LogP contribution is -1.62. The lowest BCUT2D eigenvalue weighted by Gasteiger charge is -1.87. The first-order valence-corrected chi connectivity index (χ1v) is 3.46. The van der Waals surface area contributed by atoms with Crippen LogP contribution in [0.1, 0.15) is 0 Å². The predicted molar refractivity (Wildman–Crippen MR) is 53.6 cm³/mol. The standard InChI is InChI=1S/C8H6ClN.BrH/c9-8-2-1-6-4-10-5-7(6)3-8;/h1-5,10H;1H. The van der Waals surface area contributed by atoms with Crippen molar-refractivity contribution < 1.29 is 0 Å². The summed E-state index contributed by atoms with van der Waals surface area (Å²) in [6, 6.07) is 5.82. The summed E-state index contributed by atoms with van der Waals surface area (Å²) in [5, 5.41) is 3.14. The highest BCUT2D eigenvalue weighted by molar-refractivity contribution is 8.93. The van der Waals surface area contributed by atoms with E-state index in [0.29, 0.717) is 0 Å². The molecule has 1 heterocycles. The number of aromatic amines is 1. The van der Waals surface area contributed by atoms with Crippen LogP contribution in [0, 0.1) is 0 Å². The molecule has 58 valence electrons. The number of benzene rings is 1. The Morgan fingerprint density at radius 1 is 1.09 bits per heavy atom. The maximum Gasteiger partial charge on any atom is 0.0412 e. The van der Waals surface area contributed by atoms with Crippen LogP contribution < -0.4 is 0 Å². The predicted octanol–water partition coefficient (Wildman–Crippen LogP) is 3.40. The summed E-state index contributed by atoms with van der Waals surface area (Å²) in [6.45, 7) is 0. The second-order valence-electron chi connectivity index (χ2n) is 2.23. The summed E-state index contributed by atoms with van der Waals surface area (Å²) in [7, 11) is 0. The van der Waals surface area contributed by atoms with Gasteiger partial charge in [-0.15, -0.1) is 17.0 Å². The quantitative estimate of drug-likeness (QED) is 0.716. The molecule has 1 nitrogen and oxygen atoms in total. The highest BCUT2D eigenvalue weighted by atomic mass is 79.9. The molecule has 1 aromatic heterocycles. The molecule has 0 amide bonds. The van der Waals surface area contributed by atoms with Crippen molar-refractivity contribution in [3.05, 3.63) is 35.6 Å². The highest BCUT2D eigenvalue weighted by Gasteiger charge is 1.92. The monoisotopic (exact) mass is 231 g/mol. The maximum absolute atomic E-state index is 5.76. The molecule has 0 unspecified atom stereocenters. The molecule has 11 heavy (non-hydrogen) atoms. The van der Waals surface area contributed by atoms with E-state index in [2.05, 4.69) is 4.98 Å². The van der Waals surface area contributed by atoms with E-state index in [-0.39, 0.29) is 17.0 Å². The molecule has 0 radical (unpaired) electrons. The number of hydrogen-bond acceptors (Lipinski definition) is 0. The third kappa shape index (κ3) is 1.57. The van der Waals surface area contributed by atoms with Crippen molar-refractivity contribution in [2.75, 3.05) is 0 Å². The fourth-order valence-electron chi connectivity index (χ4n) is 1.02. The molecule has 0 aliphatic rings. The molecule has 0 aliphatic heterocycles. The van der Waals surface area contributed by atoms with E-state index < -0.39 is 0 Å². The van der Waals surface area contributed by atoms with Gasteiger partial charge >= 0.3 is 0 Å². The summed E-state index contributed by atoms with van der Waals surface area (Å²) in [5.74, 6) is 0. The Labute approximate surface area is 80.1 Å². The maximum atomic E-state index is 5.76. The van der Waals surface area contributed by atoms with Gasteiger partial charge in [0, 0.05) is 22.8 Å². The van der Waals surface area contributed by atoms with Gasteiger partial charge in [0.15, 0.2) is 0 Å². The van der Waals surface area contributed by atoms with Gasteiger partial charge in [-0.25, -0.2) is 0 Å². The minimum absolute atomic E-state index is 0. The highest BCUT2D eigenvalue weighted by Crippen LogP contribution is 2.17. The van der Waals surface area contributed by atoms with Gasteiger partial charge in [-0.2, -0.15) is 0 Å². The van der Waals surface area contributed by atoms with E-state index in [1.807, 2.05) is 30.6 Å². The van der Waals surface area contributed by atoms with Gasteiger partial charge in [-0.3, -0.25) is 0 Å². The van der Waals surface area contributed by atoms with Crippen molar-refractivity contribution in [2.45, 2.75) is 0 Å². The first kappa shape index (κ1) is 8.62. The molecular formula is C8H7BrClN. The Morgan fingerprint density at radius 3 is 2.64 bits per heavy atom. The lowest BCUT2D eigenvalue weighted by atomic mass is 10.2. The molecule has 3 heteroatoms. The third-order valence-corrected chi connectivity index (χ3v) is 1.76. The fourth-order valence-corrected chi connectivity index (χ4v) is 1.20. The van der Waals surface area contributed by atoms with E-state index in [9.17, 15) is 0 Å². The largest absolute Gasteiger partial charge is 0.366 e. The summed E-state index contributed by atoms with van der Waals surface area (Å²) in [4.78, 5) is 3.01. The molecule has 2 aromatic rings. The topological polar surface area (TPSA) is 15.8 Å². The van der Waals surface area contributed by atoms with Crippen LogP contribution in [0.25, 0.3) is 10.8 Å². The van der Waals surface area contributed by atoms with Crippen LogP contribution in [0.2, 0.25) is 5.02 Å². The summed E-state index contributed by atoms with van der Waals surface area (Å²) in [6.07, 6.45) is 3.88. The Bertz CT molecular complexity index is 356. The van der Waals surface area contributed by atoms with Gasteiger partial charge in [0.2, 0.25) is 0 Å². The normalized spacial score (nSPS) is 9.55. The number of aromatic nitrogens is 1. The number of hydrogen-bond donors (Lipinski definition) is 1. The Balaban J connectivity index is 0.000000605. The minimum Gasteiger partial charge on any atom is -0.366 e. The van der Waals surface area contributed by atoms with Crippen molar-refractivity contribution in [2.24, 2.45) is 0 Å². The van der Waals surface area contributed by atoms with E-state index in [4.69, 9.17) is 11.6 Å². The van der Waals surface area contributed by atoms with Crippen LogP contribution in [-0.2, 0) is 0 Å². The minimum atomic E-state index is 0. The molecule has 2 rings (SSSR count). The number of halogens is 2. The van der Waals surface area contributed by atoms with Gasteiger partial charge in [0.1, 0.15) is 0 Å². The summed E-state index contributed by atoms with van der Waals surface area (Å²) < 4.78 is 0. The van der Waals surface area contributed by atoms with Crippen LogP contribution in [0.15, 0.2) is 30.6 Å². The number of rotatable bonds is 0. The molecule has 0 atom stereocenters. The van der Waals surface area contributed by atoms with Crippen molar-refractivity contribution in [1.82, 2.24) is 4.98 Å². The summed E-state index contributed by atoms with van der Waals surface area (Å²) in [5.41, 5.74) is 0. The molecule has 0 spiro atoms. The second kappa shape index (κ2) is 3.28. The van der Waals surface area contributed by atoms with Crippen LogP contribution in [-0.4, -0.2) is 4.98 Å². The van der Waals surface area contributed by atoms with Gasteiger partial charge in [-0.05, 0) is 17.5 Å². The fraction of sp³-hybridized carbons (Fsp3) is 0. The van der Waals surface area contributed by atoms with E-state index >= 15 is 0 Å². The smallest absolute Gasteiger partial charge is 0.0412 e. The van der Waals surface area contributed by atoms with Crippen LogP contribution in [0.4, 0.5) is 0 Å². The molecule has 0 aliphatic carbocycles. The molecular weight excluding hydrogens is 225 g/mol. The zero-order chi connectivity index (χ0) is 6.97. The SMILES string of the molecule is Br.Clc1ccc2c[nH]cc2c1. The van der Waals surface area contributed by atoms with Crippen molar-refractivity contribution in [1.29, 1.82) is 0 Å². The van der Waals surface area contributed by atoms with Crippen LogP contribution in [0.3, 0.4) is 0 Å². The number of fused-ring (bicyclic) bond motifs is 1. The van der Waals surface area contributed by atoms with Gasteiger partial charge in [-0.1, -0.05) is 17.7 Å². The van der Waals surface area contributed by atoms with Gasteiger partial charge < -0.3 is 4.98 Å². The van der Waals surface area contributed by atoms with E-state index in [1.54, 1.807) is 0 Å². The summed E-state index contributed by atoms with van der Waals surface area (Å²) >= 11 is 5.76. The molecule has 1 aromatic carbocycles. The van der Waals surface area contributed by atoms with Crippen molar-refractivity contribution >= 4 is 39.4 Å². The zero-order valence-electron chi connectivity index (χ0n) is 5.67. The van der Waals surface area contributed by atoms with Gasteiger partial charge in [0.25, 0.3) is 0 Å². The third-order valence-electron chi connectivity index (χ3n) is 1.53.